The van der Waals surface area contributed by atoms with Crippen LogP contribution in [-0.2, 0) is 9.53 Å². The Morgan fingerprint density at radius 1 is 1.73 bits per heavy atom. The summed E-state index contributed by atoms with van der Waals surface area (Å²) >= 11 is 0. The normalized spacial score (nSPS) is 57.2. The van der Waals surface area contributed by atoms with Crippen molar-refractivity contribution >= 4 is 5.78 Å². The van der Waals surface area contributed by atoms with Crippen LogP contribution >= 0.6 is 0 Å². The molecule has 0 amide bonds. The molecule has 2 nitrogen and oxygen atoms in total. The Balaban J connectivity index is 1.82. The molecule has 0 aromatic heterocycles. The van der Waals surface area contributed by atoms with Crippen LogP contribution in [0.3, 0.4) is 0 Å². The highest BCUT2D eigenvalue weighted by molar-refractivity contribution is 5.91. The lowest BCUT2D eigenvalue weighted by Crippen LogP contribution is -2.29. The third-order valence-electron chi connectivity index (χ3n) is 3.60. The van der Waals surface area contributed by atoms with Crippen LogP contribution in [0.1, 0.15) is 19.8 Å². The molecule has 0 radical (unpaired) electrons. The molecule has 0 saturated heterocycles. The zero-order valence-corrected chi connectivity index (χ0v) is 6.67. The van der Waals surface area contributed by atoms with Gasteiger partial charge in [-0.15, -0.1) is 0 Å². The Morgan fingerprint density at radius 3 is 3.09 bits per heavy atom. The van der Waals surface area contributed by atoms with Gasteiger partial charge in [0.1, 0.15) is 5.78 Å². The van der Waals surface area contributed by atoms with Crippen molar-refractivity contribution in [1.82, 2.24) is 0 Å². The number of ketones is 1. The van der Waals surface area contributed by atoms with Gasteiger partial charge in [-0.2, -0.15) is 0 Å². The van der Waals surface area contributed by atoms with E-state index in [9.17, 15) is 4.79 Å². The smallest absolute Gasteiger partial charge is 0.139 e. The molecular formula is C9H12O2. The largest absolute Gasteiger partial charge is 0.374 e. The minimum Gasteiger partial charge on any atom is -0.374 e. The van der Waals surface area contributed by atoms with E-state index in [0.717, 1.165) is 25.4 Å². The average Bonchev–Trinajstić information content (AvgIpc) is 2.77. The molecule has 0 spiro atoms. The van der Waals surface area contributed by atoms with Gasteiger partial charge in [-0.05, 0) is 19.3 Å². The minimum absolute atomic E-state index is 0.101. The highest BCUT2D eigenvalue weighted by atomic mass is 16.5. The SMILES string of the molecule is CCOC12C3CCC(=O)C1C32. The fourth-order valence-electron chi connectivity index (χ4n) is 3.09. The summed E-state index contributed by atoms with van der Waals surface area (Å²) in [7, 11) is 0. The van der Waals surface area contributed by atoms with Gasteiger partial charge < -0.3 is 4.74 Å². The van der Waals surface area contributed by atoms with Gasteiger partial charge in [-0.3, -0.25) is 4.79 Å². The lowest BCUT2D eigenvalue weighted by atomic mass is 9.86. The summed E-state index contributed by atoms with van der Waals surface area (Å²) in [4.78, 5) is 11.3. The van der Waals surface area contributed by atoms with Crippen molar-refractivity contribution in [1.29, 1.82) is 0 Å². The predicted octanol–water partition coefficient (Wildman–Crippen LogP) is 1.00. The Labute approximate surface area is 65.9 Å². The maximum absolute atomic E-state index is 11.3. The van der Waals surface area contributed by atoms with Crippen LogP contribution in [-0.4, -0.2) is 18.0 Å². The van der Waals surface area contributed by atoms with Crippen LogP contribution < -0.4 is 0 Å². The first kappa shape index (κ1) is 6.18. The molecule has 4 unspecified atom stereocenters. The van der Waals surface area contributed by atoms with Gasteiger partial charge in [0.05, 0.1) is 11.5 Å². The molecule has 3 rings (SSSR count). The number of Topliss-reactive ketones (excluding diaryl/α,β-unsaturated/α-hetero) is 1. The summed E-state index contributed by atoms with van der Waals surface area (Å²) in [5, 5.41) is 0. The molecule has 0 N–H and O–H groups in total. The molecule has 0 heterocycles. The molecule has 3 fully saturated rings. The quantitative estimate of drug-likeness (QED) is 0.590. The number of rotatable bonds is 2. The van der Waals surface area contributed by atoms with Crippen LogP contribution in [0.15, 0.2) is 0 Å². The highest BCUT2D eigenvalue weighted by Gasteiger charge is 2.91. The zero-order valence-electron chi connectivity index (χ0n) is 6.67. The molecule has 0 aromatic carbocycles. The summed E-state index contributed by atoms with van der Waals surface area (Å²) in [6, 6.07) is 0. The van der Waals surface area contributed by atoms with Crippen molar-refractivity contribution < 1.29 is 9.53 Å². The van der Waals surface area contributed by atoms with E-state index in [2.05, 4.69) is 0 Å². The van der Waals surface area contributed by atoms with Crippen molar-refractivity contribution in [3.05, 3.63) is 0 Å². The van der Waals surface area contributed by atoms with Crippen molar-refractivity contribution in [2.75, 3.05) is 6.61 Å². The second-order valence-electron chi connectivity index (χ2n) is 3.90. The number of hydrogen-bond acceptors (Lipinski definition) is 2. The van der Waals surface area contributed by atoms with Crippen LogP contribution in [0, 0.1) is 17.8 Å². The maximum atomic E-state index is 11.3. The molecule has 2 heteroatoms. The fourth-order valence-corrected chi connectivity index (χ4v) is 3.09. The number of fused-ring (bicyclic) bond motifs is 2. The van der Waals surface area contributed by atoms with Gasteiger partial charge in [-0.1, -0.05) is 0 Å². The van der Waals surface area contributed by atoms with E-state index in [-0.39, 0.29) is 5.60 Å². The predicted molar refractivity (Wildman–Crippen MR) is 39.1 cm³/mol. The summed E-state index contributed by atoms with van der Waals surface area (Å²) < 4.78 is 5.63. The fraction of sp³-hybridized carbons (Fsp3) is 0.889. The van der Waals surface area contributed by atoms with E-state index in [1.54, 1.807) is 0 Å². The first-order valence-corrected chi connectivity index (χ1v) is 4.49. The molecule has 0 aliphatic heterocycles. The number of hydrogen-bond donors (Lipinski definition) is 0. The minimum atomic E-state index is 0.101. The molecule has 3 saturated carbocycles. The van der Waals surface area contributed by atoms with Gasteiger partial charge in [0.15, 0.2) is 0 Å². The van der Waals surface area contributed by atoms with Crippen molar-refractivity contribution in [3.63, 3.8) is 0 Å². The Morgan fingerprint density at radius 2 is 2.55 bits per heavy atom. The lowest BCUT2D eigenvalue weighted by Gasteiger charge is -2.23. The average molecular weight is 152 g/mol. The lowest BCUT2D eigenvalue weighted by molar-refractivity contribution is -0.127. The summed E-state index contributed by atoms with van der Waals surface area (Å²) in [5.74, 6) is 2.22. The molecule has 3 aliphatic carbocycles. The molecule has 11 heavy (non-hydrogen) atoms. The van der Waals surface area contributed by atoms with Crippen molar-refractivity contribution in [2.45, 2.75) is 25.4 Å². The van der Waals surface area contributed by atoms with E-state index < -0.39 is 0 Å². The molecule has 4 atom stereocenters. The monoisotopic (exact) mass is 152 g/mol. The Kier molecular flexibility index (Phi) is 0.861. The van der Waals surface area contributed by atoms with E-state index in [1.165, 1.54) is 0 Å². The van der Waals surface area contributed by atoms with E-state index in [1.807, 2.05) is 6.92 Å². The number of carbonyl (C=O) groups is 1. The molecule has 0 bridgehead atoms. The van der Waals surface area contributed by atoms with Gasteiger partial charge in [-0.25, -0.2) is 0 Å². The second kappa shape index (κ2) is 1.53. The standard InChI is InChI=1S/C9H12O2/c1-2-11-9-5-3-4-6(10)8(9)7(5)9/h5,7-8H,2-4H2,1H3. The van der Waals surface area contributed by atoms with Crippen LogP contribution in [0.5, 0.6) is 0 Å². The van der Waals surface area contributed by atoms with E-state index in [0.29, 0.717) is 17.6 Å². The van der Waals surface area contributed by atoms with Gasteiger partial charge >= 0.3 is 0 Å². The third kappa shape index (κ3) is 0.467. The Hall–Kier alpha value is -0.370. The molecular weight excluding hydrogens is 140 g/mol. The number of carbonyl (C=O) groups excluding carboxylic acids is 1. The number of ether oxygens (including phenoxy) is 1. The van der Waals surface area contributed by atoms with Crippen molar-refractivity contribution in [2.24, 2.45) is 17.8 Å². The first-order valence-electron chi connectivity index (χ1n) is 4.49. The zero-order chi connectivity index (χ0) is 7.64. The van der Waals surface area contributed by atoms with Crippen molar-refractivity contribution in [3.8, 4) is 0 Å². The van der Waals surface area contributed by atoms with Gasteiger partial charge in [0.2, 0.25) is 0 Å². The summed E-state index contributed by atoms with van der Waals surface area (Å²) in [5.41, 5.74) is 0.101. The first-order chi connectivity index (χ1) is 5.32. The maximum Gasteiger partial charge on any atom is 0.139 e. The molecule has 0 aromatic rings. The summed E-state index contributed by atoms with van der Waals surface area (Å²) in [6.07, 6.45) is 1.92. The van der Waals surface area contributed by atoms with E-state index in [4.69, 9.17) is 4.74 Å². The summed E-state index contributed by atoms with van der Waals surface area (Å²) in [6.45, 7) is 2.79. The van der Waals surface area contributed by atoms with Crippen LogP contribution in [0.2, 0.25) is 0 Å². The topological polar surface area (TPSA) is 26.3 Å². The Bertz CT molecular complexity index is 236. The van der Waals surface area contributed by atoms with E-state index >= 15 is 0 Å². The third-order valence-corrected chi connectivity index (χ3v) is 3.60. The van der Waals surface area contributed by atoms with Crippen LogP contribution in [0.25, 0.3) is 0 Å². The molecule has 3 aliphatic rings. The van der Waals surface area contributed by atoms with Gasteiger partial charge in [0, 0.05) is 18.9 Å². The van der Waals surface area contributed by atoms with Crippen LogP contribution in [0.4, 0.5) is 0 Å². The second-order valence-corrected chi connectivity index (χ2v) is 3.90. The highest BCUT2D eigenvalue weighted by Crippen LogP contribution is 2.82. The molecule has 60 valence electrons. The van der Waals surface area contributed by atoms with Gasteiger partial charge in [0.25, 0.3) is 0 Å².